The minimum atomic E-state index is -0.865. The fraction of sp³-hybridized carbons (Fsp3) is 0.125. The summed E-state index contributed by atoms with van der Waals surface area (Å²) in [7, 11) is 0. The number of amides is 1. The molecular weight excluding hydrogens is 239 g/mol. The first-order valence-electron chi connectivity index (χ1n) is 3.49. The summed E-state index contributed by atoms with van der Waals surface area (Å²) in [5.74, 6) is -1.57. The molecule has 13 heavy (non-hydrogen) atoms. The molecule has 1 rings (SSSR count). The molecule has 0 radical (unpaired) electrons. The van der Waals surface area contributed by atoms with Crippen molar-refractivity contribution in [2.24, 2.45) is 5.73 Å². The lowest BCUT2D eigenvalue weighted by atomic mass is 10.1. The molecule has 1 aromatic carbocycles. The van der Waals surface area contributed by atoms with Gasteiger partial charge in [0.1, 0.15) is 0 Å². The summed E-state index contributed by atoms with van der Waals surface area (Å²) in [5.41, 5.74) is 10.8. The summed E-state index contributed by atoms with van der Waals surface area (Å²) in [6.07, 6.45) is 0. The summed E-state index contributed by atoms with van der Waals surface area (Å²) in [6, 6.07) is 1.49. The highest BCUT2D eigenvalue weighted by molar-refractivity contribution is 9.10. The second-order valence-electron chi connectivity index (χ2n) is 2.65. The minimum absolute atomic E-state index is 0.0608. The summed E-state index contributed by atoms with van der Waals surface area (Å²) in [5, 5.41) is 0. The molecule has 1 amide bonds. The number of hydrogen-bond donors (Lipinski definition) is 2. The Bertz CT molecular complexity index is 379. The van der Waals surface area contributed by atoms with E-state index in [0.717, 1.165) is 0 Å². The minimum Gasteiger partial charge on any atom is -0.398 e. The van der Waals surface area contributed by atoms with Crippen molar-refractivity contribution in [3.05, 3.63) is 27.5 Å². The van der Waals surface area contributed by atoms with Crippen LogP contribution in [0.25, 0.3) is 0 Å². The Morgan fingerprint density at radius 1 is 1.62 bits per heavy atom. The van der Waals surface area contributed by atoms with Gasteiger partial charge in [0.05, 0.1) is 10.0 Å². The highest BCUT2D eigenvalue weighted by Crippen LogP contribution is 2.27. The first kappa shape index (κ1) is 9.98. The number of aryl methyl sites for hydroxylation is 1. The molecule has 0 heterocycles. The van der Waals surface area contributed by atoms with Crippen LogP contribution in [0.5, 0.6) is 0 Å². The third-order valence-corrected chi connectivity index (χ3v) is 2.64. The molecule has 3 nitrogen and oxygen atoms in total. The number of carbonyl (C=O) groups excluding carboxylic acids is 1. The van der Waals surface area contributed by atoms with Gasteiger partial charge in [0.2, 0.25) is 0 Å². The quantitative estimate of drug-likeness (QED) is 0.739. The van der Waals surface area contributed by atoms with Crippen LogP contribution in [0.1, 0.15) is 15.9 Å². The van der Waals surface area contributed by atoms with Crippen molar-refractivity contribution in [3.63, 3.8) is 0 Å². The molecular formula is C8H8BrFN2O. The third-order valence-electron chi connectivity index (χ3n) is 1.67. The van der Waals surface area contributed by atoms with Gasteiger partial charge < -0.3 is 11.5 Å². The smallest absolute Gasteiger partial charge is 0.253 e. The monoisotopic (exact) mass is 246 g/mol. The largest absolute Gasteiger partial charge is 0.398 e. The topological polar surface area (TPSA) is 69.1 Å². The average Bonchev–Trinajstić information content (AvgIpc) is 1.99. The van der Waals surface area contributed by atoms with Crippen LogP contribution in [0.3, 0.4) is 0 Å². The molecule has 0 saturated heterocycles. The van der Waals surface area contributed by atoms with E-state index >= 15 is 0 Å². The molecule has 70 valence electrons. The number of anilines is 1. The van der Waals surface area contributed by atoms with Gasteiger partial charge in [-0.15, -0.1) is 0 Å². The van der Waals surface area contributed by atoms with Crippen molar-refractivity contribution in [2.75, 3.05) is 5.73 Å². The van der Waals surface area contributed by atoms with Crippen molar-refractivity contribution in [2.45, 2.75) is 6.92 Å². The highest BCUT2D eigenvalue weighted by atomic mass is 79.9. The predicted molar refractivity (Wildman–Crippen MR) is 51.8 cm³/mol. The fourth-order valence-electron chi connectivity index (χ4n) is 1.03. The fourth-order valence-corrected chi connectivity index (χ4v) is 1.34. The molecule has 0 atom stereocenters. The standard InChI is InChI=1S/C8H8BrFN2O/c1-3-2-4(11)5(8(12)13)7(10)6(3)9/h2H,11H2,1H3,(H2,12,13). The van der Waals surface area contributed by atoms with Crippen LogP contribution in [0.2, 0.25) is 0 Å². The van der Waals surface area contributed by atoms with E-state index in [9.17, 15) is 9.18 Å². The highest BCUT2D eigenvalue weighted by Gasteiger charge is 2.16. The maximum absolute atomic E-state index is 13.3. The molecule has 0 aliphatic rings. The maximum Gasteiger partial charge on any atom is 0.253 e. The van der Waals surface area contributed by atoms with E-state index < -0.39 is 11.7 Å². The zero-order valence-electron chi connectivity index (χ0n) is 6.90. The van der Waals surface area contributed by atoms with Gasteiger partial charge in [0, 0.05) is 5.69 Å². The van der Waals surface area contributed by atoms with Crippen LogP contribution < -0.4 is 11.5 Å². The van der Waals surface area contributed by atoms with Crippen LogP contribution in [-0.4, -0.2) is 5.91 Å². The van der Waals surface area contributed by atoms with Crippen molar-refractivity contribution in [1.29, 1.82) is 0 Å². The molecule has 0 aliphatic heterocycles. The summed E-state index contributed by atoms with van der Waals surface area (Å²) < 4.78 is 13.6. The van der Waals surface area contributed by atoms with Crippen molar-refractivity contribution in [1.82, 2.24) is 0 Å². The van der Waals surface area contributed by atoms with E-state index in [1.54, 1.807) is 6.92 Å². The van der Waals surface area contributed by atoms with Gasteiger partial charge in [-0.2, -0.15) is 0 Å². The van der Waals surface area contributed by atoms with Crippen LogP contribution in [0.4, 0.5) is 10.1 Å². The van der Waals surface area contributed by atoms with Crippen molar-refractivity contribution in [3.8, 4) is 0 Å². The molecule has 0 aliphatic carbocycles. The number of halogens is 2. The maximum atomic E-state index is 13.3. The van der Waals surface area contributed by atoms with Gasteiger partial charge in [-0.3, -0.25) is 4.79 Å². The van der Waals surface area contributed by atoms with Crippen molar-refractivity contribution < 1.29 is 9.18 Å². The number of rotatable bonds is 1. The molecule has 0 spiro atoms. The number of nitrogen functional groups attached to an aromatic ring is 1. The van der Waals surface area contributed by atoms with E-state index in [1.165, 1.54) is 6.07 Å². The molecule has 0 fully saturated rings. The van der Waals surface area contributed by atoms with Gasteiger partial charge >= 0.3 is 0 Å². The molecule has 5 heteroatoms. The normalized spacial score (nSPS) is 10.1. The molecule has 0 aromatic heterocycles. The van der Waals surface area contributed by atoms with E-state index in [-0.39, 0.29) is 15.7 Å². The first-order chi connectivity index (χ1) is 5.95. The van der Waals surface area contributed by atoms with Crippen LogP contribution in [0.15, 0.2) is 10.5 Å². The number of carbonyl (C=O) groups is 1. The lowest BCUT2D eigenvalue weighted by Crippen LogP contribution is -2.16. The lowest BCUT2D eigenvalue weighted by molar-refractivity contribution is 0.0997. The second-order valence-corrected chi connectivity index (χ2v) is 3.44. The molecule has 0 unspecified atom stereocenters. The Hall–Kier alpha value is -1.10. The summed E-state index contributed by atoms with van der Waals surface area (Å²) in [4.78, 5) is 10.8. The lowest BCUT2D eigenvalue weighted by Gasteiger charge is -2.07. The van der Waals surface area contributed by atoms with Gasteiger partial charge in [-0.25, -0.2) is 4.39 Å². The van der Waals surface area contributed by atoms with Crippen molar-refractivity contribution >= 4 is 27.5 Å². The van der Waals surface area contributed by atoms with Crippen LogP contribution in [0, 0.1) is 12.7 Å². The molecule has 4 N–H and O–H groups in total. The first-order valence-corrected chi connectivity index (χ1v) is 4.28. The zero-order valence-corrected chi connectivity index (χ0v) is 8.48. The van der Waals surface area contributed by atoms with Crippen LogP contribution in [-0.2, 0) is 0 Å². The van der Waals surface area contributed by atoms with E-state index in [1.807, 2.05) is 0 Å². The summed E-state index contributed by atoms with van der Waals surface area (Å²) in [6.45, 7) is 1.67. The van der Waals surface area contributed by atoms with E-state index in [4.69, 9.17) is 11.5 Å². The number of hydrogen-bond acceptors (Lipinski definition) is 2. The number of nitrogens with two attached hydrogens (primary N) is 2. The Labute approximate surface area is 83.0 Å². The Balaban J connectivity index is 3.53. The summed E-state index contributed by atoms with van der Waals surface area (Å²) >= 11 is 2.99. The average molecular weight is 247 g/mol. The van der Waals surface area contributed by atoms with Gasteiger partial charge in [0.15, 0.2) is 5.82 Å². The van der Waals surface area contributed by atoms with Crippen LogP contribution >= 0.6 is 15.9 Å². The van der Waals surface area contributed by atoms with Gasteiger partial charge in [0.25, 0.3) is 5.91 Å². The Morgan fingerprint density at radius 3 is 2.62 bits per heavy atom. The molecule has 0 bridgehead atoms. The van der Waals surface area contributed by atoms with Gasteiger partial charge in [-0.1, -0.05) is 0 Å². The Kier molecular flexibility index (Phi) is 2.56. The number of primary amides is 1. The third kappa shape index (κ3) is 1.65. The Morgan fingerprint density at radius 2 is 2.15 bits per heavy atom. The SMILES string of the molecule is Cc1cc(N)c(C(N)=O)c(F)c1Br. The second kappa shape index (κ2) is 3.33. The van der Waals surface area contributed by atoms with E-state index in [0.29, 0.717) is 5.56 Å². The van der Waals surface area contributed by atoms with E-state index in [2.05, 4.69) is 15.9 Å². The predicted octanol–water partition coefficient (Wildman–Crippen LogP) is 1.58. The number of benzene rings is 1. The molecule has 1 aromatic rings. The molecule has 0 saturated carbocycles. The zero-order chi connectivity index (χ0) is 10.2. The van der Waals surface area contributed by atoms with Gasteiger partial charge in [-0.05, 0) is 34.5 Å².